The van der Waals surface area contributed by atoms with Crippen LogP contribution in [0.4, 0.5) is 0 Å². The highest BCUT2D eigenvalue weighted by Gasteiger charge is 2.29. The van der Waals surface area contributed by atoms with Crippen molar-refractivity contribution in [2.24, 2.45) is 0 Å². The van der Waals surface area contributed by atoms with Crippen LogP contribution in [-0.2, 0) is 6.42 Å². The Balaban J connectivity index is 1.78. The van der Waals surface area contributed by atoms with Crippen molar-refractivity contribution in [3.05, 3.63) is 51.5 Å². The van der Waals surface area contributed by atoms with E-state index in [9.17, 15) is 4.79 Å². The molecule has 1 aromatic heterocycles. The average Bonchev–Trinajstić information content (AvgIpc) is 3.23. The van der Waals surface area contributed by atoms with Gasteiger partial charge in [-0.15, -0.1) is 11.3 Å². The van der Waals surface area contributed by atoms with Crippen molar-refractivity contribution in [1.29, 1.82) is 0 Å². The van der Waals surface area contributed by atoms with Crippen molar-refractivity contribution in [2.75, 3.05) is 19.6 Å². The average molecular weight is 343 g/mol. The van der Waals surface area contributed by atoms with Gasteiger partial charge in [0.15, 0.2) is 0 Å². The molecule has 1 aromatic carbocycles. The van der Waals surface area contributed by atoms with Crippen LogP contribution in [0.3, 0.4) is 0 Å². The molecule has 24 heavy (non-hydrogen) atoms. The van der Waals surface area contributed by atoms with Crippen LogP contribution in [0.2, 0.25) is 0 Å². The molecule has 1 N–H and O–H groups in total. The van der Waals surface area contributed by atoms with Gasteiger partial charge in [0.05, 0.1) is 10.7 Å². The molecule has 1 fully saturated rings. The van der Waals surface area contributed by atoms with Crippen LogP contribution < -0.4 is 5.32 Å². The molecule has 5 heteroatoms. The third kappa shape index (κ3) is 3.84. The van der Waals surface area contributed by atoms with Gasteiger partial charge in [-0.3, -0.25) is 4.79 Å². The minimum absolute atomic E-state index is 0.153. The molecule has 1 amide bonds. The van der Waals surface area contributed by atoms with Crippen LogP contribution in [0.5, 0.6) is 0 Å². The second kappa shape index (κ2) is 7.90. The van der Waals surface area contributed by atoms with Crippen LogP contribution in [-0.4, -0.2) is 41.5 Å². The number of rotatable bonds is 6. The molecule has 0 radical (unpaired) electrons. The number of aryl methyl sites for hydroxylation is 1. The molecule has 0 saturated carbocycles. The van der Waals surface area contributed by atoms with Crippen LogP contribution in [0.15, 0.2) is 30.3 Å². The molecular weight excluding hydrogens is 318 g/mol. The van der Waals surface area contributed by atoms with Crippen molar-refractivity contribution < 1.29 is 4.79 Å². The Hall–Kier alpha value is -1.72. The van der Waals surface area contributed by atoms with Gasteiger partial charge in [-0.25, -0.2) is 4.98 Å². The van der Waals surface area contributed by atoms with E-state index in [1.807, 2.05) is 30.0 Å². The Morgan fingerprint density at radius 1 is 1.38 bits per heavy atom. The van der Waals surface area contributed by atoms with Crippen molar-refractivity contribution in [3.63, 3.8) is 0 Å². The molecule has 0 spiro atoms. The van der Waals surface area contributed by atoms with Gasteiger partial charge in [0.2, 0.25) is 0 Å². The summed E-state index contributed by atoms with van der Waals surface area (Å²) in [7, 11) is 0. The summed E-state index contributed by atoms with van der Waals surface area (Å²) in [6, 6.07) is 10.6. The van der Waals surface area contributed by atoms with E-state index in [4.69, 9.17) is 0 Å². The smallest absolute Gasteiger partial charge is 0.266 e. The van der Waals surface area contributed by atoms with Crippen LogP contribution in [0.25, 0.3) is 0 Å². The van der Waals surface area contributed by atoms with Crippen LogP contribution >= 0.6 is 11.3 Å². The molecule has 1 saturated heterocycles. The number of benzene rings is 1. The third-order valence-corrected chi connectivity index (χ3v) is 5.58. The molecule has 1 unspecified atom stereocenters. The van der Waals surface area contributed by atoms with Gasteiger partial charge in [-0.1, -0.05) is 37.3 Å². The number of nitrogens with zero attached hydrogens (tertiary/aromatic N) is 2. The van der Waals surface area contributed by atoms with E-state index in [2.05, 4.69) is 29.4 Å². The van der Waals surface area contributed by atoms with Crippen LogP contribution in [0.1, 0.15) is 45.7 Å². The maximum atomic E-state index is 13.1. The first-order chi connectivity index (χ1) is 11.7. The van der Waals surface area contributed by atoms with E-state index in [-0.39, 0.29) is 5.91 Å². The van der Waals surface area contributed by atoms with Crippen molar-refractivity contribution in [2.45, 2.75) is 39.2 Å². The molecule has 3 rings (SSSR count). The highest BCUT2D eigenvalue weighted by Crippen LogP contribution is 2.24. The van der Waals surface area contributed by atoms with Crippen LogP contribution in [0, 0.1) is 6.92 Å². The Morgan fingerprint density at radius 2 is 2.17 bits per heavy atom. The SMILES string of the molecule is CCCN(C(=O)c1sc(Cc2ccccc2)nc1C)C1CCNC1. The Morgan fingerprint density at radius 3 is 2.83 bits per heavy atom. The molecule has 1 atom stereocenters. The van der Waals surface area contributed by atoms with Gasteiger partial charge >= 0.3 is 0 Å². The maximum absolute atomic E-state index is 13.1. The molecule has 1 aliphatic heterocycles. The molecule has 128 valence electrons. The maximum Gasteiger partial charge on any atom is 0.266 e. The predicted molar refractivity (Wildman–Crippen MR) is 98.7 cm³/mol. The van der Waals surface area contributed by atoms with Gasteiger partial charge in [-0.05, 0) is 31.9 Å². The third-order valence-electron chi connectivity index (χ3n) is 4.43. The lowest BCUT2D eigenvalue weighted by Crippen LogP contribution is -2.42. The number of hydrogen-bond donors (Lipinski definition) is 1. The van der Waals surface area contributed by atoms with Gasteiger partial charge in [0.1, 0.15) is 4.88 Å². The zero-order valence-corrected chi connectivity index (χ0v) is 15.2. The zero-order valence-electron chi connectivity index (χ0n) is 14.4. The summed E-state index contributed by atoms with van der Waals surface area (Å²) in [4.78, 5) is 20.6. The first-order valence-corrected chi connectivity index (χ1v) is 9.52. The molecule has 0 aliphatic carbocycles. The number of aromatic nitrogens is 1. The lowest BCUT2D eigenvalue weighted by atomic mass is 10.2. The summed E-state index contributed by atoms with van der Waals surface area (Å²) < 4.78 is 0. The molecule has 2 heterocycles. The Labute approximate surface area is 147 Å². The number of carbonyl (C=O) groups is 1. The summed E-state index contributed by atoms with van der Waals surface area (Å²) in [6.07, 6.45) is 2.82. The zero-order chi connectivity index (χ0) is 16.9. The van der Waals surface area contributed by atoms with E-state index in [0.29, 0.717) is 6.04 Å². The van der Waals surface area contributed by atoms with Gasteiger partial charge in [0, 0.05) is 25.6 Å². The fraction of sp³-hybridized carbons (Fsp3) is 0.474. The van der Waals surface area contributed by atoms with Gasteiger partial charge < -0.3 is 10.2 Å². The first-order valence-electron chi connectivity index (χ1n) is 8.71. The standard InChI is InChI=1S/C19H25N3OS/c1-3-11-22(16-9-10-20-13-16)19(23)18-14(2)21-17(24-18)12-15-7-5-4-6-8-15/h4-8,16,20H,3,9-13H2,1-2H3. The summed E-state index contributed by atoms with van der Waals surface area (Å²) in [6.45, 7) is 6.80. The van der Waals surface area contributed by atoms with Gasteiger partial charge in [-0.2, -0.15) is 0 Å². The lowest BCUT2D eigenvalue weighted by molar-refractivity contribution is 0.0696. The van der Waals surface area contributed by atoms with Crippen molar-refractivity contribution in [3.8, 4) is 0 Å². The largest absolute Gasteiger partial charge is 0.334 e. The summed E-state index contributed by atoms with van der Waals surface area (Å²) in [5.41, 5.74) is 2.10. The minimum Gasteiger partial charge on any atom is -0.334 e. The Kier molecular flexibility index (Phi) is 5.63. The predicted octanol–water partition coefficient (Wildman–Crippen LogP) is 3.26. The monoisotopic (exact) mass is 343 g/mol. The fourth-order valence-electron chi connectivity index (χ4n) is 3.22. The van der Waals surface area contributed by atoms with E-state index in [1.165, 1.54) is 5.56 Å². The second-order valence-corrected chi connectivity index (χ2v) is 7.41. The molecule has 2 aromatic rings. The van der Waals surface area contributed by atoms with Crippen molar-refractivity contribution in [1.82, 2.24) is 15.2 Å². The molecular formula is C19H25N3OS. The summed E-state index contributed by atoms with van der Waals surface area (Å²) >= 11 is 1.55. The Bertz CT molecular complexity index is 677. The highest BCUT2D eigenvalue weighted by molar-refractivity contribution is 7.13. The van der Waals surface area contributed by atoms with Crippen molar-refractivity contribution >= 4 is 17.2 Å². The first kappa shape index (κ1) is 17.1. The minimum atomic E-state index is 0.153. The molecule has 0 bridgehead atoms. The van der Waals surface area contributed by atoms with Gasteiger partial charge in [0.25, 0.3) is 5.91 Å². The van der Waals surface area contributed by atoms with E-state index >= 15 is 0 Å². The number of carbonyl (C=O) groups excluding carboxylic acids is 1. The van der Waals surface area contributed by atoms with E-state index in [0.717, 1.165) is 54.5 Å². The highest BCUT2D eigenvalue weighted by atomic mass is 32.1. The van der Waals surface area contributed by atoms with E-state index < -0.39 is 0 Å². The lowest BCUT2D eigenvalue weighted by Gasteiger charge is -2.27. The second-order valence-electron chi connectivity index (χ2n) is 6.33. The molecule has 4 nitrogen and oxygen atoms in total. The quantitative estimate of drug-likeness (QED) is 0.876. The molecule has 1 aliphatic rings. The number of hydrogen-bond acceptors (Lipinski definition) is 4. The normalized spacial score (nSPS) is 17.2. The topological polar surface area (TPSA) is 45.2 Å². The number of thiazole rings is 1. The number of nitrogens with one attached hydrogen (secondary N) is 1. The van der Waals surface area contributed by atoms with E-state index in [1.54, 1.807) is 11.3 Å². The number of amides is 1. The summed E-state index contributed by atoms with van der Waals surface area (Å²) in [5.74, 6) is 0.153. The summed E-state index contributed by atoms with van der Waals surface area (Å²) in [5, 5.41) is 4.38. The fourth-order valence-corrected chi connectivity index (χ4v) is 4.28.